The lowest BCUT2D eigenvalue weighted by molar-refractivity contribution is -0.117. The summed E-state index contributed by atoms with van der Waals surface area (Å²) in [4.78, 5) is 43.5. The van der Waals surface area contributed by atoms with Gasteiger partial charge in [-0.25, -0.2) is 9.78 Å². The molecule has 2 heterocycles. The zero-order valence-corrected chi connectivity index (χ0v) is 20.2. The molecule has 8 nitrogen and oxygen atoms in total. The molecule has 1 saturated heterocycles. The van der Waals surface area contributed by atoms with Crippen molar-refractivity contribution in [3.63, 3.8) is 0 Å². The Hall–Kier alpha value is -3.20. The van der Waals surface area contributed by atoms with Crippen LogP contribution in [0.3, 0.4) is 0 Å². The molecule has 176 valence electrons. The molecule has 1 fully saturated rings. The first-order valence-electron chi connectivity index (χ1n) is 10.9. The number of likely N-dealkylation sites (N-methyl/N-ethyl adjacent to an activating group) is 1. The second kappa shape index (κ2) is 10.6. The summed E-state index contributed by atoms with van der Waals surface area (Å²) in [5.74, 6) is -0.534. The Kier molecular flexibility index (Phi) is 7.86. The van der Waals surface area contributed by atoms with Crippen LogP contribution >= 0.6 is 11.3 Å². The summed E-state index contributed by atoms with van der Waals surface area (Å²) < 4.78 is 5.46. The van der Waals surface area contributed by atoms with E-state index in [2.05, 4.69) is 15.6 Å². The number of amides is 3. The van der Waals surface area contributed by atoms with Crippen LogP contribution < -0.4 is 10.6 Å². The average Bonchev–Trinajstić information content (AvgIpc) is 3.26. The first-order chi connectivity index (χ1) is 15.7. The highest BCUT2D eigenvalue weighted by atomic mass is 32.1. The minimum atomic E-state index is -0.511. The van der Waals surface area contributed by atoms with Crippen molar-refractivity contribution in [1.82, 2.24) is 20.5 Å². The first-order valence-corrected chi connectivity index (χ1v) is 11.8. The fourth-order valence-corrected chi connectivity index (χ4v) is 4.36. The largest absolute Gasteiger partial charge is 0.444 e. The van der Waals surface area contributed by atoms with Crippen LogP contribution in [0.4, 0.5) is 4.79 Å². The number of hydrogen-bond acceptors (Lipinski definition) is 6. The van der Waals surface area contributed by atoms with E-state index in [-0.39, 0.29) is 23.6 Å². The Labute approximate surface area is 198 Å². The van der Waals surface area contributed by atoms with E-state index in [1.807, 2.05) is 32.2 Å². The van der Waals surface area contributed by atoms with Gasteiger partial charge in [-0.3, -0.25) is 9.59 Å². The predicted molar refractivity (Wildman–Crippen MR) is 128 cm³/mol. The van der Waals surface area contributed by atoms with Gasteiger partial charge in [0.05, 0.1) is 10.7 Å². The molecule has 0 radical (unpaired) electrons. The molecule has 9 heteroatoms. The van der Waals surface area contributed by atoms with Gasteiger partial charge in [-0.2, -0.15) is 0 Å². The first kappa shape index (κ1) is 24.4. The molecule has 1 aromatic heterocycles. The highest BCUT2D eigenvalue weighted by molar-refractivity contribution is 7.09. The van der Waals surface area contributed by atoms with Gasteiger partial charge in [0.1, 0.15) is 11.3 Å². The maximum atomic E-state index is 12.5. The standard InChI is InChI=1S/C24H30N4O4S/c1-24(2,3)32-23(31)28-12-10-17(11-13-28)22-26-18(15-33-22)14-19(21(30)25-4)27-20(29)16-8-6-5-7-9-16/h5-9,14-15,17H,10-13H2,1-4H3,(H,25,30)(H,27,29)/b19-14-. The quantitative estimate of drug-likeness (QED) is 0.648. The molecular formula is C24H30N4O4S. The molecule has 2 aromatic rings. The van der Waals surface area contributed by atoms with E-state index >= 15 is 0 Å². The Balaban J connectivity index is 1.66. The van der Waals surface area contributed by atoms with Crippen molar-refractivity contribution in [2.24, 2.45) is 0 Å². The molecule has 2 N–H and O–H groups in total. The van der Waals surface area contributed by atoms with Crippen LogP contribution in [0.25, 0.3) is 6.08 Å². The molecule has 0 atom stereocenters. The Morgan fingerprint density at radius 3 is 2.42 bits per heavy atom. The van der Waals surface area contributed by atoms with Crippen LogP contribution in [0.1, 0.15) is 60.6 Å². The van der Waals surface area contributed by atoms with E-state index in [4.69, 9.17) is 4.74 Å². The van der Waals surface area contributed by atoms with Crippen molar-refractivity contribution in [3.05, 3.63) is 57.7 Å². The number of nitrogens with zero attached hydrogens (tertiary/aromatic N) is 2. The monoisotopic (exact) mass is 470 g/mol. The van der Waals surface area contributed by atoms with Crippen molar-refractivity contribution in [2.45, 2.75) is 45.1 Å². The summed E-state index contributed by atoms with van der Waals surface area (Å²) >= 11 is 1.52. The van der Waals surface area contributed by atoms with Gasteiger partial charge in [-0.1, -0.05) is 18.2 Å². The van der Waals surface area contributed by atoms with Gasteiger partial charge < -0.3 is 20.3 Å². The molecule has 0 spiro atoms. The van der Waals surface area contributed by atoms with Gasteiger partial charge in [0.15, 0.2) is 0 Å². The maximum absolute atomic E-state index is 12.5. The maximum Gasteiger partial charge on any atom is 0.410 e. The van der Waals surface area contributed by atoms with Gasteiger partial charge in [0.2, 0.25) is 0 Å². The highest BCUT2D eigenvalue weighted by Gasteiger charge is 2.28. The third-order valence-corrected chi connectivity index (χ3v) is 6.11. The van der Waals surface area contributed by atoms with E-state index in [9.17, 15) is 14.4 Å². The third-order valence-electron chi connectivity index (χ3n) is 5.08. The number of thiazole rings is 1. The number of aromatic nitrogens is 1. The topological polar surface area (TPSA) is 101 Å². The minimum absolute atomic E-state index is 0.128. The number of ether oxygens (including phenoxy) is 1. The molecule has 1 aliphatic heterocycles. The van der Waals surface area contributed by atoms with Crippen LogP contribution in [0, 0.1) is 0 Å². The summed E-state index contributed by atoms with van der Waals surface area (Å²) in [6, 6.07) is 8.71. The molecule has 0 unspecified atom stereocenters. The molecular weight excluding hydrogens is 440 g/mol. The van der Waals surface area contributed by atoms with Crippen molar-refractivity contribution in [1.29, 1.82) is 0 Å². The Morgan fingerprint density at radius 2 is 1.82 bits per heavy atom. The highest BCUT2D eigenvalue weighted by Crippen LogP contribution is 2.31. The molecule has 0 aliphatic carbocycles. The second-order valence-corrected chi connectivity index (χ2v) is 9.70. The van der Waals surface area contributed by atoms with E-state index in [1.54, 1.807) is 35.2 Å². The van der Waals surface area contributed by atoms with Crippen molar-refractivity contribution < 1.29 is 19.1 Å². The molecule has 1 aliphatic rings. The van der Waals surface area contributed by atoms with Crippen LogP contribution in [0.15, 0.2) is 41.4 Å². The van der Waals surface area contributed by atoms with Crippen LogP contribution in [0.5, 0.6) is 0 Å². The fraction of sp³-hybridized carbons (Fsp3) is 0.417. The number of hydrogen-bond donors (Lipinski definition) is 2. The number of benzene rings is 1. The molecule has 0 saturated carbocycles. The zero-order valence-electron chi connectivity index (χ0n) is 19.4. The van der Waals surface area contributed by atoms with Gasteiger partial charge in [-0.05, 0) is 51.8 Å². The van der Waals surface area contributed by atoms with Crippen molar-refractivity contribution >= 4 is 35.3 Å². The summed E-state index contributed by atoms with van der Waals surface area (Å²) in [6.07, 6.45) is 2.88. The summed E-state index contributed by atoms with van der Waals surface area (Å²) in [7, 11) is 1.51. The van der Waals surface area contributed by atoms with E-state index < -0.39 is 11.5 Å². The number of rotatable bonds is 5. The minimum Gasteiger partial charge on any atom is -0.444 e. The summed E-state index contributed by atoms with van der Waals surface area (Å²) in [5, 5.41) is 8.05. The van der Waals surface area contributed by atoms with Gasteiger partial charge in [0.25, 0.3) is 11.8 Å². The van der Waals surface area contributed by atoms with Gasteiger partial charge in [-0.15, -0.1) is 11.3 Å². The van der Waals surface area contributed by atoms with E-state index in [1.165, 1.54) is 18.4 Å². The zero-order chi connectivity index (χ0) is 24.0. The van der Waals surface area contributed by atoms with Gasteiger partial charge in [0, 0.05) is 37.0 Å². The molecule has 0 bridgehead atoms. The molecule has 1 aromatic carbocycles. The lowest BCUT2D eigenvalue weighted by Gasteiger charge is -2.32. The number of carbonyl (C=O) groups is 3. The van der Waals surface area contributed by atoms with Crippen molar-refractivity contribution in [3.8, 4) is 0 Å². The number of piperidine rings is 1. The number of likely N-dealkylation sites (tertiary alicyclic amines) is 1. The Bertz CT molecular complexity index is 1020. The van der Waals surface area contributed by atoms with E-state index in [0.29, 0.717) is 24.3 Å². The molecule has 3 amide bonds. The fourth-order valence-electron chi connectivity index (χ4n) is 3.41. The number of carbonyl (C=O) groups excluding carboxylic acids is 3. The molecule has 33 heavy (non-hydrogen) atoms. The lowest BCUT2D eigenvalue weighted by Crippen LogP contribution is -2.41. The van der Waals surface area contributed by atoms with Crippen molar-refractivity contribution in [2.75, 3.05) is 20.1 Å². The van der Waals surface area contributed by atoms with Crippen LogP contribution in [-0.2, 0) is 9.53 Å². The smallest absolute Gasteiger partial charge is 0.410 e. The summed E-state index contributed by atoms with van der Waals surface area (Å²) in [5.41, 5.74) is 0.686. The SMILES string of the molecule is CNC(=O)/C(=C/c1csc(C2CCN(C(=O)OC(C)(C)C)CC2)n1)NC(=O)c1ccccc1. The lowest BCUT2D eigenvalue weighted by atomic mass is 9.98. The summed E-state index contributed by atoms with van der Waals surface area (Å²) in [6.45, 7) is 6.80. The second-order valence-electron chi connectivity index (χ2n) is 8.81. The third kappa shape index (κ3) is 6.89. The Morgan fingerprint density at radius 1 is 1.15 bits per heavy atom. The predicted octanol–water partition coefficient (Wildman–Crippen LogP) is 3.77. The van der Waals surface area contributed by atoms with Gasteiger partial charge >= 0.3 is 6.09 Å². The van der Waals surface area contributed by atoms with Crippen LogP contribution in [0.2, 0.25) is 0 Å². The molecule has 3 rings (SSSR count). The van der Waals surface area contributed by atoms with Crippen LogP contribution in [-0.4, -0.2) is 53.5 Å². The average molecular weight is 471 g/mol. The van der Waals surface area contributed by atoms with E-state index in [0.717, 1.165) is 17.8 Å². The number of nitrogens with one attached hydrogen (secondary N) is 2. The normalized spacial score (nSPS) is 15.2.